The number of alkyl halides is 2. The van der Waals surface area contributed by atoms with Crippen molar-refractivity contribution in [1.29, 1.82) is 0 Å². The number of rotatable bonds is 2. The van der Waals surface area contributed by atoms with Crippen LogP contribution in [0, 0.1) is 6.92 Å². The molecule has 2 aliphatic heterocycles. The molecule has 0 aliphatic carbocycles. The standard InChI is InChI=1S/C17H21ClF2N6O2/c1-9-14-16(25-26(9)10-2-4-27-5-3-10)28-8-12(20)13(6-19)22-15-11(18)7-21-17(23-14)24-15/h7,10,12-13H,2-6,8H2,1H3,(H2,21,22,23,24). The van der Waals surface area contributed by atoms with Gasteiger partial charge in [-0.15, -0.1) is 5.10 Å². The van der Waals surface area contributed by atoms with E-state index in [2.05, 4.69) is 25.7 Å². The molecule has 2 N–H and O–H groups in total. The average Bonchev–Trinajstić information content (AvgIpc) is 3.01. The molecule has 2 aromatic rings. The van der Waals surface area contributed by atoms with E-state index in [0.717, 1.165) is 18.5 Å². The molecule has 2 aromatic heterocycles. The zero-order valence-electron chi connectivity index (χ0n) is 15.3. The van der Waals surface area contributed by atoms with Crippen LogP contribution in [0.4, 0.5) is 26.2 Å². The third-order valence-corrected chi connectivity index (χ3v) is 5.22. The Balaban J connectivity index is 1.74. The van der Waals surface area contributed by atoms with E-state index in [1.54, 1.807) is 0 Å². The van der Waals surface area contributed by atoms with Gasteiger partial charge in [-0.05, 0) is 19.8 Å². The maximum Gasteiger partial charge on any atom is 0.257 e. The largest absolute Gasteiger partial charge is 0.472 e. The number of anilines is 3. The lowest BCUT2D eigenvalue weighted by Gasteiger charge is -2.23. The van der Waals surface area contributed by atoms with E-state index in [4.69, 9.17) is 21.1 Å². The summed E-state index contributed by atoms with van der Waals surface area (Å²) in [4.78, 5) is 8.41. The number of hydrogen-bond donors (Lipinski definition) is 2. The van der Waals surface area contributed by atoms with Gasteiger partial charge in [-0.1, -0.05) is 11.6 Å². The highest BCUT2D eigenvalue weighted by Gasteiger charge is 2.28. The first-order valence-electron chi connectivity index (χ1n) is 9.12. The van der Waals surface area contributed by atoms with Gasteiger partial charge in [0.25, 0.3) is 5.88 Å². The van der Waals surface area contributed by atoms with Crippen LogP contribution in [-0.2, 0) is 4.74 Å². The summed E-state index contributed by atoms with van der Waals surface area (Å²) < 4.78 is 40.9. The summed E-state index contributed by atoms with van der Waals surface area (Å²) in [6, 6.07) is -0.997. The Morgan fingerprint density at radius 2 is 2.14 bits per heavy atom. The van der Waals surface area contributed by atoms with Crippen LogP contribution in [0.2, 0.25) is 5.02 Å². The van der Waals surface area contributed by atoms with Crippen molar-refractivity contribution < 1.29 is 18.3 Å². The molecule has 2 unspecified atom stereocenters. The summed E-state index contributed by atoms with van der Waals surface area (Å²) in [7, 11) is 0. The fourth-order valence-electron chi connectivity index (χ4n) is 3.34. The third kappa shape index (κ3) is 3.70. The second-order valence-electron chi connectivity index (χ2n) is 6.80. The summed E-state index contributed by atoms with van der Waals surface area (Å²) in [5, 5.41) is 10.5. The zero-order valence-corrected chi connectivity index (χ0v) is 16.0. The Hall–Kier alpha value is -2.20. The molecule has 1 fully saturated rings. The summed E-state index contributed by atoms with van der Waals surface area (Å²) in [5.41, 5.74) is 1.36. The molecule has 0 amide bonds. The van der Waals surface area contributed by atoms with Gasteiger partial charge in [0.05, 0.1) is 24.0 Å². The van der Waals surface area contributed by atoms with Crippen molar-refractivity contribution in [1.82, 2.24) is 19.7 Å². The fraction of sp³-hybridized carbons (Fsp3) is 0.588. The van der Waals surface area contributed by atoms with Crippen LogP contribution in [0.5, 0.6) is 5.88 Å². The summed E-state index contributed by atoms with van der Waals surface area (Å²) in [6.07, 6.45) is 1.39. The second-order valence-corrected chi connectivity index (χ2v) is 7.21. The lowest BCUT2D eigenvalue weighted by atomic mass is 10.1. The number of ether oxygens (including phenoxy) is 2. The molecule has 2 atom stereocenters. The van der Waals surface area contributed by atoms with Crippen LogP contribution >= 0.6 is 11.6 Å². The van der Waals surface area contributed by atoms with Gasteiger partial charge in [0.2, 0.25) is 5.95 Å². The maximum atomic E-state index is 14.6. The molecule has 2 bridgehead atoms. The molecule has 8 nitrogen and oxygen atoms in total. The van der Waals surface area contributed by atoms with Crippen molar-refractivity contribution in [2.45, 2.75) is 38.0 Å². The van der Waals surface area contributed by atoms with E-state index in [-0.39, 0.29) is 35.3 Å². The zero-order chi connectivity index (χ0) is 19.7. The Bertz CT molecular complexity index is 845. The molecule has 0 spiro atoms. The molecule has 11 heteroatoms. The van der Waals surface area contributed by atoms with E-state index in [1.807, 2.05) is 11.6 Å². The molecule has 152 valence electrons. The number of aromatic nitrogens is 4. The lowest BCUT2D eigenvalue weighted by molar-refractivity contribution is 0.0650. The molecule has 0 radical (unpaired) electrons. The Labute approximate surface area is 165 Å². The van der Waals surface area contributed by atoms with Gasteiger partial charge in [-0.25, -0.2) is 13.8 Å². The van der Waals surface area contributed by atoms with Crippen molar-refractivity contribution in [2.75, 3.05) is 37.1 Å². The molecule has 28 heavy (non-hydrogen) atoms. The first kappa shape index (κ1) is 19.1. The minimum atomic E-state index is -1.63. The van der Waals surface area contributed by atoms with E-state index in [1.165, 1.54) is 6.20 Å². The SMILES string of the molecule is Cc1c2c(nn1C1CCOCC1)OCC(F)C(CF)Nc1nc(ncc1Cl)N2. The first-order valence-corrected chi connectivity index (χ1v) is 9.50. The highest BCUT2D eigenvalue weighted by Crippen LogP contribution is 2.35. The van der Waals surface area contributed by atoms with Crippen LogP contribution in [0.1, 0.15) is 24.6 Å². The molecular formula is C17H21ClF2N6O2. The predicted molar refractivity (Wildman–Crippen MR) is 100 cm³/mol. The smallest absolute Gasteiger partial charge is 0.257 e. The number of nitrogens with one attached hydrogen (secondary N) is 2. The molecule has 2 aliphatic rings. The first-order chi connectivity index (χ1) is 13.6. The van der Waals surface area contributed by atoms with Gasteiger partial charge in [-0.2, -0.15) is 4.98 Å². The maximum absolute atomic E-state index is 14.6. The van der Waals surface area contributed by atoms with Crippen LogP contribution in [-0.4, -0.2) is 58.5 Å². The summed E-state index contributed by atoms with van der Waals surface area (Å²) >= 11 is 6.08. The monoisotopic (exact) mass is 414 g/mol. The average molecular weight is 415 g/mol. The molecule has 4 rings (SSSR count). The quantitative estimate of drug-likeness (QED) is 0.780. The molecule has 4 heterocycles. The minimum absolute atomic E-state index is 0.155. The van der Waals surface area contributed by atoms with E-state index < -0.39 is 18.9 Å². The lowest BCUT2D eigenvalue weighted by Crippen LogP contribution is -2.37. The van der Waals surface area contributed by atoms with Gasteiger partial charge >= 0.3 is 0 Å². The van der Waals surface area contributed by atoms with Crippen LogP contribution < -0.4 is 15.4 Å². The molecule has 0 saturated carbocycles. The van der Waals surface area contributed by atoms with E-state index in [0.29, 0.717) is 18.9 Å². The van der Waals surface area contributed by atoms with Gasteiger partial charge < -0.3 is 20.1 Å². The number of halogens is 3. The third-order valence-electron chi connectivity index (χ3n) is 4.94. The number of fused-ring (bicyclic) bond motifs is 3. The molecular weight excluding hydrogens is 394 g/mol. The van der Waals surface area contributed by atoms with Gasteiger partial charge in [0.1, 0.15) is 24.0 Å². The van der Waals surface area contributed by atoms with Gasteiger partial charge in [-0.3, -0.25) is 4.68 Å². The van der Waals surface area contributed by atoms with Crippen molar-refractivity contribution >= 4 is 29.1 Å². The van der Waals surface area contributed by atoms with Crippen molar-refractivity contribution in [3.8, 4) is 5.88 Å². The highest BCUT2D eigenvalue weighted by atomic mass is 35.5. The fourth-order valence-corrected chi connectivity index (χ4v) is 3.48. The topological polar surface area (TPSA) is 86.1 Å². The van der Waals surface area contributed by atoms with Gasteiger partial charge in [0.15, 0.2) is 12.0 Å². The van der Waals surface area contributed by atoms with Crippen molar-refractivity contribution in [3.63, 3.8) is 0 Å². The summed E-state index contributed by atoms with van der Waals surface area (Å²) in [5.74, 6) is 0.606. The normalized spacial score (nSPS) is 23.0. The van der Waals surface area contributed by atoms with E-state index in [9.17, 15) is 8.78 Å². The Morgan fingerprint density at radius 3 is 2.89 bits per heavy atom. The number of hydrogen-bond acceptors (Lipinski definition) is 7. The second kappa shape index (κ2) is 8.04. The van der Waals surface area contributed by atoms with Crippen molar-refractivity contribution in [3.05, 3.63) is 16.9 Å². The van der Waals surface area contributed by atoms with Crippen molar-refractivity contribution in [2.24, 2.45) is 0 Å². The Kier molecular flexibility index (Phi) is 5.49. The summed E-state index contributed by atoms with van der Waals surface area (Å²) in [6.45, 7) is 1.90. The number of nitrogens with zero attached hydrogens (tertiary/aromatic N) is 4. The van der Waals surface area contributed by atoms with Crippen LogP contribution in [0.3, 0.4) is 0 Å². The van der Waals surface area contributed by atoms with E-state index >= 15 is 0 Å². The van der Waals surface area contributed by atoms with Gasteiger partial charge in [0, 0.05) is 13.2 Å². The molecule has 0 aromatic carbocycles. The highest BCUT2D eigenvalue weighted by molar-refractivity contribution is 6.32. The Morgan fingerprint density at radius 1 is 1.36 bits per heavy atom. The van der Waals surface area contributed by atoms with Crippen LogP contribution in [0.15, 0.2) is 6.20 Å². The minimum Gasteiger partial charge on any atom is -0.472 e. The predicted octanol–water partition coefficient (Wildman–Crippen LogP) is 3.21. The molecule has 1 saturated heterocycles. The van der Waals surface area contributed by atoms with Crippen LogP contribution in [0.25, 0.3) is 0 Å².